The van der Waals surface area contributed by atoms with E-state index in [1.165, 1.54) is 6.92 Å². The number of hydrogen-bond donors (Lipinski definition) is 2. The predicted molar refractivity (Wildman–Crippen MR) is 66.1 cm³/mol. The fraction of sp³-hybridized carbons (Fsp3) is 0.308. The van der Waals surface area contributed by atoms with Gasteiger partial charge in [0.15, 0.2) is 0 Å². The summed E-state index contributed by atoms with van der Waals surface area (Å²) < 4.78 is 4.98. The maximum atomic E-state index is 11.7. The minimum atomic E-state index is -1.18. The molecule has 0 aliphatic carbocycles. The lowest BCUT2D eigenvalue weighted by atomic mass is 10.2. The molecule has 0 bridgehead atoms. The van der Waals surface area contributed by atoms with Crippen molar-refractivity contribution in [2.45, 2.75) is 26.0 Å². The molecule has 0 fully saturated rings. The van der Waals surface area contributed by atoms with Crippen molar-refractivity contribution in [2.75, 3.05) is 0 Å². The Kier molecular flexibility index (Phi) is 5.53. The summed E-state index contributed by atoms with van der Waals surface area (Å²) in [6, 6.07) is 7.81. The molecule has 0 saturated heterocycles. The molecule has 0 aliphatic heterocycles. The van der Waals surface area contributed by atoms with Gasteiger partial charge in [-0.3, -0.25) is 9.59 Å². The van der Waals surface area contributed by atoms with Crippen molar-refractivity contribution in [1.82, 2.24) is 5.32 Å². The van der Waals surface area contributed by atoms with E-state index in [2.05, 4.69) is 5.32 Å². The molecule has 6 heteroatoms. The van der Waals surface area contributed by atoms with Crippen LogP contribution < -0.4 is 5.32 Å². The van der Waals surface area contributed by atoms with Crippen molar-refractivity contribution in [3.8, 4) is 0 Å². The molecular weight excluding hydrogens is 250 g/mol. The quantitative estimate of drug-likeness (QED) is 0.739. The molecule has 19 heavy (non-hydrogen) atoms. The van der Waals surface area contributed by atoms with Crippen molar-refractivity contribution in [3.05, 3.63) is 35.9 Å². The maximum absolute atomic E-state index is 11.7. The van der Waals surface area contributed by atoms with Gasteiger partial charge < -0.3 is 15.2 Å². The number of carboxylic acid groups (broad SMARTS) is 1. The summed E-state index contributed by atoms with van der Waals surface area (Å²) in [5, 5.41) is 10.9. The average molecular weight is 265 g/mol. The van der Waals surface area contributed by atoms with Crippen LogP contribution in [0.2, 0.25) is 0 Å². The molecule has 0 aliphatic rings. The molecule has 1 aromatic carbocycles. The first kappa shape index (κ1) is 14.7. The second kappa shape index (κ2) is 7.15. The lowest BCUT2D eigenvalue weighted by molar-refractivity contribution is -0.152. The van der Waals surface area contributed by atoms with E-state index >= 15 is 0 Å². The number of aliphatic carboxylic acids is 1. The zero-order chi connectivity index (χ0) is 14.3. The van der Waals surface area contributed by atoms with Crippen LogP contribution in [-0.2, 0) is 25.7 Å². The van der Waals surface area contributed by atoms with E-state index in [1.807, 2.05) is 6.07 Å². The van der Waals surface area contributed by atoms with Gasteiger partial charge in [0.2, 0.25) is 5.91 Å². The highest BCUT2D eigenvalue weighted by atomic mass is 16.5. The lowest BCUT2D eigenvalue weighted by Crippen LogP contribution is -2.42. The number of nitrogens with one attached hydrogen (secondary N) is 1. The van der Waals surface area contributed by atoms with Gasteiger partial charge in [-0.1, -0.05) is 30.3 Å². The minimum absolute atomic E-state index is 0.0371. The van der Waals surface area contributed by atoms with Gasteiger partial charge >= 0.3 is 11.9 Å². The van der Waals surface area contributed by atoms with Crippen molar-refractivity contribution >= 4 is 17.8 Å². The van der Waals surface area contributed by atoms with Gasteiger partial charge in [-0.25, -0.2) is 4.79 Å². The van der Waals surface area contributed by atoms with Crippen LogP contribution in [0.3, 0.4) is 0 Å². The number of amides is 1. The summed E-state index contributed by atoms with van der Waals surface area (Å²) in [4.78, 5) is 33.2. The first-order chi connectivity index (χ1) is 8.99. The number of ether oxygens (including phenoxy) is 1. The van der Waals surface area contributed by atoms with E-state index in [0.29, 0.717) is 0 Å². The Morgan fingerprint density at radius 3 is 2.42 bits per heavy atom. The standard InChI is InChI=1S/C13H15NO5/c1-9(15)14-11(7-12(16)17)13(18)19-8-10-5-3-2-4-6-10/h2-6,11H,7-8H2,1H3,(H,14,15)(H,16,17)/t11-/m0/s1. The molecule has 0 aromatic heterocycles. The summed E-state index contributed by atoms with van der Waals surface area (Å²) in [6.45, 7) is 1.24. The topological polar surface area (TPSA) is 92.7 Å². The van der Waals surface area contributed by atoms with Gasteiger partial charge in [0.05, 0.1) is 6.42 Å². The third kappa shape index (κ3) is 5.67. The average Bonchev–Trinajstić information content (AvgIpc) is 2.35. The molecule has 6 nitrogen and oxygen atoms in total. The molecule has 2 N–H and O–H groups in total. The van der Waals surface area contributed by atoms with Gasteiger partial charge in [0.1, 0.15) is 12.6 Å². The largest absolute Gasteiger partial charge is 0.481 e. The van der Waals surface area contributed by atoms with Gasteiger partial charge in [0.25, 0.3) is 0 Å². The lowest BCUT2D eigenvalue weighted by Gasteiger charge is -2.14. The summed E-state index contributed by atoms with van der Waals surface area (Å²) in [7, 11) is 0. The van der Waals surface area contributed by atoms with Crippen molar-refractivity contribution in [1.29, 1.82) is 0 Å². The fourth-order valence-electron chi connectivity index (χ4n) is 1.44. The first-order valence-electron chi connectivity index (χ1n) is 5.68. The number of esters is 1. The summed E-state index contributed by atoms with van der Waals surface area (Å²) in [5.74, 6) is -2.43. The van der Waals surface area contributed by atoms with E-state index in [9.17, 15) is 14.4 Å². The molecule has 0 saturated carbocycles. The number of carbonyl (C=O) groups excluding carboxylic acids is 2. The highest BCUT2D eigenvalue weighted by Gasteiger charge is 2.23. The molecule has 1 amide bonds. The van der Waals surface area contributed by atoms with Gasteiger partial charge in [0, 0.05) is 6.92 Å². The summed E-state index contributed by atoms with van der Waals surface area (Å²) >= 11 is 0. The highest BCUT2D eigenvalue weighted by molar-refractivity contribution is 5.86. The van der Waals surface area contributed by atoms with Crippen LogP contribution in [0.15, 0.2) is 30.3 Å². The van der Waals surface area contributed by atoms with Crippen LogP contribution in [0.25, 0.3) is 0 Å². The van der Waals surface area contributed by atoms with Crippen molar-refractivity contribution in [3.63, 3.8) is 0 Å². The Bertz CT molecular complexity index is 441. The molecule has 102 valence electrons. The molecule has 0 radical (unpaired) electrons. The molecule has 0 heterocycles. The Morgan fingerprint density at radius 2 is 1.89 bits per heavy atom. The number of benzene rings is 1. The van der Waals surface area contributed by atoms with E-state index in [1.54, 1.807) is 24.3 Å². The normalized spacial score (nSPS) is 11.4. The van der Waals surface area contributed by atoms with E-state index in [4.69, 9.17) is 9.84 Å². The van der Waals surface area contributed by atoms with Crippen LogP contribution in [-0.4, -0.2) is 29.0 Å². The van der Waals surface area contributed by atoms with Crippen LogP contribution in [0.1, 0.15) is 18.9 Å². The zero-order valence-electron chi connectivity index (χ0n) is 10.5. The monoisotopic (exact) mass is 265 g/mol. The highest BCUT2D eigenvalue weighted by Crippen LogP contribution is 2.03. The molecule has 0 spiro atoms. The number of carbonyl (C=O) groups is 3. The van der Waals surface area contributed by atoms with Crippen LogP contribution in [0.4, 0.5) is 0 Å². The molecular formula is C13H15NO5. The fourth-order valence-corrected chi connectivity index (χ4v) is 1.44. The molecule has 1 aromatic rings. The van der Waals surface area contributed by atoms with E-state index in [0.717, 1.165) is 5.56 Å². The molecule has 1 atom stereocenters. The Labute approximate surface area is 110 Å². The van der Waals surface area contributed by atoms with E-state index in [-0.39, 0.29) is 6.61 Å². The Morgan fingerprint density at radius 1 is 1.26 bits per heavy atom. The molecule has 1 rings (SSSR count). The van der Waals surface area contributed by atoms with Crippen molar-refractivity contribution in [2.24, 2.45) is 0 Å². The third-order valence-corrected chi connectivity index (χ3v) is 2.26. The smallest absolute Gasteiger partial charge is 0.329 e. The predicted octanol–water partition coefficient (Wildman–Crippen LogP) is 0.709. The van der Waals surface area contributed by atoms with Gasteiger partial charge in [-0.05, 0) is 5.56 Å². The van der Waals surface area contributed by atoms with Crippen LogP contribution in [0.5, 0.6) is 0 Å². The second-order valence-electron chi connectivity index (χ2n) is 3.94. The number of carboxylic acids is 1. The minimum Gasteiger partial charge on any atom is -0.481 e. The van der Waals surface area contributed by atoms with Crippen molar-refractivity contribution < 1.29 is 24.2 Å². The van der Waals surface area contributed by atoms with Crippen LogP contribution >= 0.6 is 0 Å². The third-order valence-electron chi connectivity index (χ3n) is 2.26. The van der Waals surface area contributed by atoms with Gasteiger partial charge in [-0.2, -0.15) is 0 Å². The van der Waals surface area contributed by atoms with Crippen LogP contribution in [0, 0.1) is 0 Å². The second-order valence-corrected chi connectivity index (χ2v) is 3.94. The zero-order valence-corrected chi connectivity index (χ0v) is 10.5. The SMILES string of the molecule is CC(=O)N[C@@H](CC(=O)O)C(=O)OCc1ccccc1. The maximum Gasteiger partial charge on any atom is 0.329 e. The summed E-state index contributed by atoms with van der Waals surface area (Å²) in [5.41, 5.74) is 0.785. The summed E-state index contributed by atoms with van der Waals surface area (Å²) in [6.07, 6.45) is -0.507. The Hall–Kier alpha value is -2.37. The number of rotatable bonds is 6. The molecule has 0 unspecified atom stereocenters. The van der Waals surface area contributed by atoms with E-state index < -0.39 is 30.3 Å². The van der Waals surface area contributed by atoms with Gasteiger partial charge in [-0.15, -0.1) is 0 Å². The Balaban J connectivity index is 2.56. The number of hydrogen-bond acceptors (Lipinski definition) is 4. The first-order valence-corrected chi connectivity index (χ1v) is 5.68.